The highest BCUT2D eigenvalue weighted by Crippen LogP contribution is 1.99. The first kappa shape index (κ1) is 8.23. The molecule has 0 amide bonds. The Balaban J connectivity index is 2.44. The molecule has 1 heterocycles. The monoisotopic (exact) mass is 155 g/mol. The second-order valence-corrected chi connectivity index (χ2v) is 2.41. The number of aryl methyl sites for hydroxylation is 1. The third-order valence-corrected chi connectivity index (χ3v) is 1.48. The molecule has 4 N–H and O–H groups in total. The molecular weight excluding hydrogens is 142 g/mol. The van der Waals surface area contributed by atoms with Gasteiger partial charge < -0.3 is 15.8 Å². The van der Waals surface area contributed by atoms with E-state index in [4.69, 9.17) is 10.8 Å². The Morgan fingerprint density at radius 1 is 1.64 bits per heavy atom. The number of nitrogens with one attached hydrogen (secondary N) is 1. The van der Waals surface area contributed by atoms with Crippen LogP contribution in [-0.2, 0) is 13.0 Å². The summed E-state index contributed by atoms with van der Waals surface area (Å²) in [6.07, 6.45) is 3.60. The minimum atomic E-state index is -0.0252. The summed E-state index contributed by atoms with van der Waals surface area (Å²) in [6.45, 7) is 0.663. The highest BCUT2D eigenvalue weighted by molar-refractivity contribution is 5.00. The smallest absolute Gasteiger partial charge is 0.132 e. The molecule has 1 aromatic heterocycles. The van der Waals surface area contributed by atoms with Crippen molar-refractivity contribution in [2.24, 2.45) is 5.73 Å². The summed E-state index contributed by atoms with van der Waals surface area (Å²) in [5, 5.41) is 8.66. The van der Waals surface area contributed by atoms with Crippen molar-refractivity contribution in [3.63, 3.8) is 0 Å². The zero-order valence-corrected chi connectivity index (χ0v) is 6.38. The highest BCUT2D eigenvalue weighted by atomic mass is 16.3. The molecule has 0 aliphatic heterocycles. The molecule has 62 valence electrons. The van der Waals surface area contributed by atoms with Crippen molar-refractivity contribution in [2.45, 2.75) is 19.4 Å². The minimum Gasteiger partial charge on any atom is -0.388 e. The number of aliphatic hydroxyl groups excluding tert-OH is 1. The fraction of sp³-hybridized carbons (Fsp3) is 0.571. The molecule has 0 aromatic carbocycles. The molecule has 1 rings (SSSR count). The van der Waals surface area contributed by atoms with E-state index in [2.05, 4.69) is 9.97 Å². The van der Waals surface area contributed by atoms with E-state index in [0.29, 0.717) is 12.4 Å². The van der Waals surface area contributed by atoms with Gasteiger partial charge in [-0.1, -0.05) is 0 Å². The van der Waals surface area contributed by atoms with Crippen LogP contribution in [0.4, 0.5) is 0 Å². The summed E-state index contributed by atoms with van der Waals surface area (Å²) in [4.78, 5) is 6.92. The second kappa shape index (κ2) is 4.10. The zero-order valence-electron chi connectivity index (χ0n) is 6.38. The lowest BCUT2D eigenvalue weighted by molar-refractivity contribution is 0.272. The lowest BCUT2D eigenvalue weighted by Crippen LogP contribution is -2.00. The molecule has 0 aliphatic carbocycles. The molecule has 4 nitrogen and oxygen atoms in total. The maximum atomic E-state index is 8.66. The van der Waals surface area contributed by atoms with Gasteiger partial charge in [0.05, 0.1) is 0 Å². The SMILES string of the molecule is NCCCc1cnc(CO)[nH]1. The average Bonchev–Trinajstić information content (AvgIpc) is 2.48. The molecule has 0 unspecified atom stereocenters. The summed E-state index contributed by atoms with van der Waals surface area (Å²) in [5.74, 6) is 0.622. The molecule has 0 spiro atoms. The third kappa shape index (κ3) is 2.32. The Labute approximate surface area is 65.5 Å². The van der Waals surface area contributed by atoms with E-state index in [0.717, 1.165) is 18.5 Å². The summed E-state index contributed by atoms with van der Waals surface area (Å²) >= 11 is 0. The van der Waals surface area contributed by atoms with E-state index in [1.54, 1.807) is 6.20 Å². The number of aromatic amines is 1. The van der Waals surface area contributed by atoms with Crippen LogP contribution in [-0.4, -0.2) is 21.6 Å². The highest BCUT2D eigenvalue weighted by Gasteiger charge is 1.97. The molecule has 1 aromatic rings. The Kier molecular flexibility index (Phi) is 3.07. The topological polar surface area (TPSA) is 74.9 Å². The van der Waals surface area contributed by atoms with Crippen molar-refractivity contribution in [1.82, 2.24) is 9.97 Å². The van der Waals surface area contributed by atoms with Crippen molar-refractivity contribution >= 4 is 0 Å². The van der Waals surface area contributed by atoms with E-state index < -0.39 is 0 Å². The minimum absolute atomic E-state index is 0.0252. The van der Waals surface area contributed by atoms with Gasteiger partial charge in [-0.05, 0) is 19.4 Å². The van der Waals surface area contributed by atoms with E-state index in [1.165, 1.54) is 0 Å². The van der Waals surface area contributed by atoms with Crippen LogP contribution in [0, 0.1) is 0 Å². The fourth-order valence-electron chi connectivity index (χ4n) is 0.906. The molecule has 0 bridgehead atoms. The van der Waals surface area contributed by atoms with Crippen LogP contribution < -0.4 is 5.73 Å². The molecule has 0 saturated heterocycles. The quantitative estimate of drug-likeness (QED) is 0.563. The normalized spacial score (nSPS) is 10.4. The lowest BCUT2D eigenvalue weighted by atomic mass is 10.2. The van der Waals surface area contributed by atoms with Gasteiger partial charge in [0.2, 0.25) is 0 Å². The predicted molar refractivity (Wildman–Crippen MR) is 41.9 cm³/mol. The van der Waals surface area contributed by atoms with Gasteiger partial charge in [-0.2, -0.15) is 0 Å². The standard InChI is InChI=1S/C7H13N3O/c8-3-1-2-6-4-9-7(5-11)10-6/h4,11H,1-3,5,8H2,(H,9,10). The van der Waals surface area contributed by atoms with Gasteiger partial charge in [0.25, 0.3) is 0 Å². The molecule has 0 aliphatic rings. The van der Waals surface area contributed by atoms with E-state index in [-0.39, 0.29) is 6.61 Å². The van der Waals surface area contributed by atoms with Crippen LogP contribution in [0.3, 0.4) is 0 Å². The van der Waals surface area contributed by atoms with Crippen LogP contribution in [0.25, 0.3) is 0 Å². The lowest BCUT2D eigenvalue weighted by Gasteiger charge is -1.92. The summed E-state index contributed by atoms with van der Waals surface area (Å²) in [6, 6.07) is 0. The molecule has 0 atom stereocenters. The number of hydrogen-bond acceptors (Lipinski definition) is 3. The second-order valence-electron chi connectivity index (χ2n) is 2.41. The number of hydrogen-bond donors (Lipinski definition) is 3. The van der Waals surface area contributed by atoms with Gasteiger partial charge >= 0.3 is 0 Å². The van der Waals surface area contributed by atoms with Gasteiger partial charge in [-0.25, -0.2) is 4.98 Å². The van der Waals surface area contributed by atoms with Crippen LogP contribution in [0.2, 0.25) is 0 Å². The molecular formula is C7H13N3O. The Hall–Kier alpha value is -0.870. The van der Waals surface area contributed by atoms with Gasteiger partial charge in [0.15, 0.2) is 0 Å². The van der Waals surface area contributed by atoms with Gasteiger partial charge in [-0.15, -0.1) is 0 Å². The van der Waals surface area contributed by atoms with E-state index in [9.17, 15) is 0 Å². The summed E-state index contributed by atoms with van der Waals surface area (Å²) < 4.78 is 0. The number of aromatic nitrogens is 2. The Morgan fingerprint density at radius 3 is 3.00 bits per heavy atom. The number of H-pyrrole nitrogens is 1. The first-order valence-electron chi connectivity index (χ1n) is 3.70. The van der Waals surface area contributed by atoms with Crippen LogP contribution >= 0.6 is 0 Å². The van der Waals surface area contributed by atoms with E-state index >= 15 is 0 Å². The zero-order chi connectivity index (χ0) is 8.10. The van der Waals surface area contributed by atoms with Crippen molar-refractivity contribution in [3.05, 3.63) is 17.7 Å². The predicted octanol–water partition coefficient (Wildman–Crippen LogP) is -0.207. The number of nitrogens with two attached hydrogens (primary N) is 1. The molecule has 4 heteroatoms. The van der Waals surface area contributed by atoms with E-state index in [1.807, 2.05) is 0 Å². The van der Waals surface area contributed by atoms with Crippen molar-refractivity contribution in [2.75, 3.05) is 6.54 Å². The average molecular weight is 155 g/mol. The maximum Gasteiger partial charge on any atom is 0.132 e. The fourth-order valence-corrected chi connectivity index (χ4v) is 0.906. The van der Waals surface area contributed by atoms with Crippen LogP contribution in [0.1, 0.15) is 17.9 Å². The van der Waals surface area contributed by atoms with Gasteiger partial charge in [0, 0.05) is 11.9 Å². The third-order valence-electron chi connectivity index (χ3n) is 1.48. The van der Waals surface area contributed by atoms with Crippen molar-refractivity contribution < 1.29 is 5.11 Å². The summed E-state index contributed by atoms with van der Waals surface area (Å²) in [5.41, 5.74) is 6.37. The van der Waals surface area contributed by atoms with Gasteiger partial charge in [-0.3, -0.25) is 0 Å². The molecule has 0 radical (unpaired) electrons. The first-order chi connectivity index (χ1) is 5.36. The van der Waals surface area contributed by atoms with Crippen LogP contribution in [0.15, 0.2) is 6.20 Å². The first-order valence-corrected chi connectivity index (χ1v) is 3.70. The molecule has 11 heavy (non-hydrogen) atoms. The van der Waals surface area contributed by atoms with Crippen molar-refractivity contribution in [1.29, 1.82) is 0 Å². The number of aliphatic hydroxyl groups is 1. The number of rotatable bonds is 4. The van der Waals surface area contributed by atoms with Crippen molar-refractivity contribution in [3.8, 4) is 0 Å². The largest absolute Gasteiger partial charge is 0.388 e. The molecule has 0 fully saturated rings. The Bertz CT molecular complexity index is 209. The maximum absolute atomic E-state index is 8.66. The number of imidazole rings is 1. The Morgan fingerprint density at radius 2 is 2.45 bits per heavy atom. The number of nitrogens with zero attached hydrogens (tertiary/aromatic N) is 1. The summed E-state index contributed by atoms with van der Waals surface area (Å²) in [7, 11) is 0. The van der Waals surface area contributed by atoms with Crippen LogP contribution in [0.5, 0.6) is 0 Å². The van der Waals surface area contributed by atoms with Gasteiger partial charge in [0.1, 0.15) is 12.4 Å². The molecule has 0 saturated carbocycles.